The van der Waals surface area contributed by atoms with E-state index in [0.29, 0.717) is 30.1 Å². The lowest BCUT2D eigenvalue weighted by molar-refractivity contribution is -0.175. The number of hydrogen-bond acceptors (Lipinski definition) is 8. The molecule has 40 heavy (non-hydrogen) atoms. The van der Waals surface area contributed by atoms with E-state index in [9.17, 15) is 37.0 Å². The molecule has 0 bridgehead atoms. The zero-order valence-electron chi connectivity index (χ0n) is 23.6. The Balaban J connectivity index is 1.30. The van der Waals surface area contributed by atoms with Crippen molar-refractivity contribution in [3.05, 3.63) is 0 Å². The second kappa shape index (κ2) is 11.4. The molecule has 4 saturated carbocycles. The van der Waals surface area contributed by atoms with E-state index in [1.807, 2.05) is 0 Å². The van der Waals surface area contributed by atoms with Crippen molar-refractivity contribution >= 4 is 22.1 Å². The van der Waals surface area contributed by atoms with Crippen LogP contribution in [0.2, 0.25) is 0 Å². The van der Waals surface area contributed by atoms with Gasteiger partial charge in [-0.3, -0.25) is 9.35 Å². The number of aliphatic hydroxyl groups excluding tert-OH is 2. The molecule has 3 N–H and O–H groups in total. The number of rotatable bonds is 9. The van der Waals surface area contributed by atoms with Gasteiger partial charge in [0.1, 0.15) is 0 Å². The largest absolute Gasteiger partial charge is 0.455 e. The number of hydrogen-bond donors (Lipinski definition) is 3. The summed E-state index contributed by atoms with van der Waals surface area (Å²) in [5.41, 5.74) is -0.106. The van der Waals surface area contributed by atoms with Gasteiger partial charge in [0.25, 0.3) is 0 Å². The summed E-state index contributed by atoms with van der Waals surface area (Å²) in [4.78, 5) is 23.8. The molecule has 0 spiro atoms. The van der Waals surface area contributed by atoms with E-state index >= 15 is 0 Å². The van der Waals surface area contributed by atoms with Gasteiger partial charge in [-0.05, 0) is 104 Å². The van der Waals surface area contributed by atoms with Gasteiger partial charge < -0.3 is 19.7 Å². The summed E-state index contributed by atoms with van der Waals surface area (Å²) in [6, 6.07) is 0. The maximum absolute atomic E-state index is 13.2. The average Bonchev–Trinajstić information content (AvgIpc) is 3.24. The minimum atomic E-state index is -5.74. The highest BCUT2D eigenvalue weighted by Crippen LogP contribution is 2.68. The molecule has 4 fully saturated rings. The van der Waals surface area contributed by atoms with Gasteiger partial charge in [-0.15, -0.1) is 0 Å². The van der Waals surface area contributed by atoms with Crippen molar-refractivity contribution in [3.8, 4) is 0 Å². The first-order chi connectivity index (χ1) is 18.5. The lowest BCUT2D eigenvalue weighted by Gasteiger charge is -2.62. The van der Waals surface area contributed by atoms with Crippen LogP contribution in [0.25, 0.3) is 0 Å². The second-order valence-electron chi connectivity index (χ2n) is 13.3. The monoisotopic (exact) mass is 594 g/mol. The number of carbonyl (C=O) groups excluding carboxylic acids is 2. The van der Waals surface area contributed by atoms with Crippen molar-refractivity contribution < 1.29 is 51.0 Å². The Bertz CT molecular complexity index is 1070. The Labute approximate surface area is 235 Å². The molecular formula is C28H44F2O9S. The Morgan fingerprint density at radius 2 is 1.70 bits per heavy atom. The highest BCUT2D eigenvalue weighted by atomic mass is 32.2. The number of alkyl halides is 2. The smallest absolute Gasteiger partial charge is 0.402 e. The predicted octanol–water partition coefficient (Wildman–Crippen LogP) is 3.96. The minimum absolute atomic E-state index is 0.00288. The Morgan fingerprint density at radius 3 is 2.38 bits per heavy atom. The molecule has 0 aromatic rings. The maximum Gasteiger partial charge on any atom is 0.402 e. The molecule has 0 radical (unpaired) electrons. The molecule has 12 heteroatoms. The number of aliphatic hydroxyl groups is 2. The van der Waals surface area contributed by atoms with Crippen LogP contribution < -0.4 is 0 Å². The van der Waals surface area contributed by atoms with Crippen LogP contribution in [-0.2, 0) is 29.2 Å². The van der Waals surface area contributed by atoms with Gasteiger partial charge in [0, 0.05) is 6.42 Å². The fraction of sp³-hybridized carbons (Fsp3) is 0.929. The number of carbonyl (C=O) groups is 2. The first-order valence-corrected chi connectivity index (χ1v) is 16.0. The van der Waals surface area contributed by atoms with Gasteiger partial charge in [-0.2, -0.15) is 17.2 Å². The van der Waals surface area contributed by atoms with Gasteiger partial charge in [0.05, 0.1) is 12.2 Å². The van der Waals surface area contributed by atoms with E-state index in [0.717, 1.165) is 51.4 Å². The third-order valence-corrected chi connectivity index (χ3v) is 12.3. The SMILES string of the molecule is C[C@H](CCC(=O)OCC(=O)OCC(F)(F)S(=O)(=O)O)[C@H]1CC[C@H]2[C@@H]3CCC4C[C@H](O)CC[C@]4(C)[C@H]3C[C@H](O)[C@]12C. The summed E-state index contributed by atoms with van der Waals surface area (Å²) in [5.74, 6) is 0.165. The van der Waals surface area contributed by atoms with E-state index in [1.54, 1.807) is 0 Å². The van der Waals surface area contributed by atoms with Crippen molar-refractivity contribution in [2.75, 3.05) is 13.2 Å². The topological polar surface area (TPSA) is 147 Å². The number of ether oxygens (including phenoxy) is 2. The van der Waals surface area contributed by atoms with Crippen molar-refractivity contribution in [1.29, 1.82) is 0 Å². The summed E-state index contributed by atoms with van der Waals surface area (Å²) in [7, 11) is -5.74. The van der Waals surface area contributed by atoms with Crippen molar-refractivity contribution in [2.45, 2.75) is 102 Å². The third-order valence-electron chi connectivity index (χ3n) is 11.4. The predicted molar refractivity (Wildman–Crippen MR) is 139 cm³/mol. The molecule has 0 aromatic carbocycles. The van der Waals surface area contributed by atoms with Crippen LogP contribution in [-0.4, -0.2) is 65.8 Å². The molecule has 230 valence electrons. The van der Waals surface area contributed by atoms with Gasteiger partial charge in [-0.1, -0.05) is 20.8 Å². The lowest BCUT2D eigenvalue weighted by Crippen LogP contribution is -2.58. The van der Waals surface area contributed by atoms with E-state index in [1.165, 1.54) is 0 Å². The average molecular weight is 595 g/mol. The first-order valence-electron chi connectivity index (χ1n) is 14.5. The molecular weight excluding hydrogens is 550 g/mol. The van der Waals surface area contributed by atoms with E-state index in [2.05, 4.69) is 25.5 Å². The Kier molecular flexibility index (Phi) is 8.97. The normalized spacial score (nSPS) is 40.4. The van der Waals surface area contributed by atoms with Crippen LogP contribution in [0.4, 0.5) is 8.78 Å². The van der Waals surface area contributed by atoms with Gasteiger partial charge in [-0.25, -0.2) is 4.79 Å². The number of esters is 2. The van der Waals surface area contributed by atoms with Gasteiger partial charge in [0.2, 0.25) is 0 Å². The summed E-state index contributed by atoms with van der Waals surface area (Å²) < 4.78 is 64.9. The first kappa shape index (κ1) is 31.6. The molecule has 0 saturated heterocycles. The van der Waals surface area contributed by atoms with Crippen molar-refractivity contribution in [3.63, 3.8) is 0 Å². The molecule has 1 unspecified atom stereocenters. The third kappa shape index (κ3) is 5.79. The molecule has 4 aliphatic rings. The molecule has 0 amide bonds. The minimum Gasteiger partial charge on any atom is -0.455 e. The van der Waals surface area contributed by atoms with Crippen LogP contribution >= 0.6 is 0 Å². The van der Waals surface area contributed by atoms with Gasteiger partial charge >= 0.3 is 27.3 Å². The summed E-state index contributed by atoms with van der Waals surface area (Å²) in [6.07, 6.45) is 7.54. The van der Waals surface area contributed by atoms with E-state index < -0.39 is 46.6 Å². The zero-order chi connectivity index (χ0) is 29.7. The maximum atomic E-state index is 13.2. The van der Waals surface area contributed by atoms with Crippen LogP contribution in [0, 0.1) is 46.3 Å². The van der Waals surface area contributed by atoms with Crippen LogP contribution in [0.3, 0.4) is 0 Å². The molecule has 9 nitrogen and oxygen atoms in total. The molecule has 0 heterocycles. The summed E-state index contributed by atoms with van der Waals surface area (Å²) in [5, 5.41) is 17.2. The summed E-state index contributed by atoms with van der Waals surface area (Å²) >= 11 is 0. The molecule has 10 atom stereocenters. The van der Waals surface area contributed by atoms with E-state index in [-0.39, 0.29) is 35.2 Å². The van der Waals surface area contributed by atoms with E-state index in [4.69, 9.17) is 9.29 Å². The van der Waals surface area contributed by atoms with Crippen molar-refractivity contribution in [2.24, 2.45) is 46.3 Å². The highest BCUT2D eigenvalue weighted by Gasteiger charge is 2.63. The molecule has 0 aliphatic heterocycles. The summed E-state index contributed by atoms with van der Waals surface area (Å²) in [6.45, 7) is 3.83. The van der Waals surface area contributed by atoms with Crippen LogP contribution in [0.5, 0.6) is 0 Å². The van der Waals surface area contributed by atoms with Crippen LogP contribution in [0.15, 0.2) is 0 Å². The lowest BCUT2D eigenvalue weighted by atomic mass is 9.43. The molecule has 4 rings (SSSR count). The van der Waals surface area contributed by atoms with Crippen LogP contribution in [0.1, 0.15) is 85.0 Å². The van der Waals surface area contributed by atoms with Crippen molar-refractivity contribution in [1.82, 2.24) is 0 Å². The highest BCUT2D eigenvalue weighted by molar-refractivity contribution is 7.86. The Hall–Kier alpha value is -1.37. The zero-order valence-corrected chi connectivity index (χ0v) is 24.4. The standard InChI is InChI=1S/C28H44F2O9S/c1-16(4-9-24(33)38-14-25(34)39-15-28(29,30)40(35,36)37)20-7-8-21-19-6-5-17-12-18(31)10-11-26(17,2)22(19)13-23(32)27(20,21)3/h16-23,31-32H,4-15H2,1-3H3,(H,35,36,37)/t16-,17?,18-,19+,20-,21+,22+,23+,26+,27-/m1/s1. The second-order valence-corrected chi connectivity index (χ2v) is 14.9. The Morgan fingerprint density at radius 1 is 1.00 bits per heavy atom. The number of fused-ring (bicyclic) bond motifs is 5. The molecule has 4 aliphatic carbocycles. The number of halogens is 2. The molecule has 0 aromatic heterocycles. The quantitative estimate of drug-likeness (QED) is 0.267. The van der Waals surface area contributed by atoms with Gasteiger partial charge in [0.15, 0.2) is 13.2 Å². The fourth-order valence-corrected chi connectivity index (χ4v) is 9.41. The fourth-order valence-electron chi connectivity index (χ4n) is 9.20.